The quantitative estimate of drug-likeness (QED) is 0.369. The Hall–Kier alpha value is -3.61. The number of nitrogens with one attached hydrogen (secondary N) is 1. The Balaban J connectivity index is 1.95. The number of aryl methyl sites for hydroxylation is 1. The monoisotopic (exact) mass is 491 g/mol. The van der Waals surface area contributed by atoms with Gasteiger partial charge in [0.05, 0.1) is 18.4 Å². The molecule has 0 aliphatic heterocycles. The first-order chi connectivity index (χ1) is 17.1. The lowest BCUT2D eigenvalue weighted by atomic mass is 9.99. The molecule has 36 heavy (non-hydrogen) atoms. The van der Waals surface area contributed by atoms with Crippen LogP contribution >= 0.6 is 0 Å². The zero-order valence-corrected chi connectivity index (χ0v) is 22.2. The molecule has 0 atom stereocenters. The predicted molar refractivity (Wildman–Crippen MR) is 142 cm³/mol. The number of methoxy groups -OCH3 is 1. The summed E-state index contributed by atoms with van der Waals surface area (Å²) in [4.78, 5) is 29.7. The summed E-state index contributed by atoms with van der Waals surface area (Å²) in [7, 11) is 1.40. The molecule has 0 fully saturated rings. The van der Waals surface area contributed by atoms with Crippen molar-refractivity contribution < 1.29 is 19.1 Å². The molecule has 0 unspecified atom stereocenters. The molecule has 0 saturated carbocycles. The molecule has 1 aromatic heterocycles. The molecule has 0 radical (unpaired) electrons. The lowest BCUT2D eigenvalue weighted by molar-refractivity contribution is 0.0527. The molecule has 0 saturated heterocycles. The van der Waals surface area contributed by atoms with Crippen LogP contribution in [0.2, 0.25) is 0 Å². The van der Waals surface area contributed by atoms with Gasteiger partial charge < -0.3 is 19.4 Å². The van der Waals surface area contributed by atoms with Crippen LogP contribution in [-0.2, 0) is 22.3 Å². The fraction of sp³-hybridized carbons (Fsp3) is 0.414. The van der Waals surface area contributed by atoms with Crippen LogP contribution in [0.3, 0.4) is 0 Å². The van der Waals surface area contributed by atoms with E-state index in [0.717, 1.165) is 53.3 Å². The Morgan fingerprint density at radius 1 is 1.06 bits per heavy atom. The number of carbonyl (C=O) groups excluding carboxylic acids is 2. The smallest absolute Gasteiger partial charge is 0.407 e. The Labute approximate surface area is 213 Å². The summed E-state index contributed by atoms with van der Waals surface area (Å²) >= 11 is 0. The van der Waals surface area contributed by atoms with E-state index in [4.69, 9.17) is 14.5 Å². The molecule has 3 aromatic rings. The molecule has 7 nitrogen and oxygen atoms in total. The number of rotatable bonds is 9. The maximum atomic E-state index is 12.7. The number of benzene rings is 2. The van der Waals surface area contributed by atoms with Gasteiger partial charge in [0.25, 0.3) is 0 Å². The number of hydrogen-bond donors (Lipinski definition) is 1. The summed E-state index contributed by atoms with van der Waals surface area (Å²) in [5, 5.41) is 2.81. The molecule has 7 heteroatoms. The number of unbranched alkanes of at least 4 members (excludes halogenated alkanes) is 1. The molecule has 0 aliphatic carbocycles. The van der Waals surface area contributed by atoms with Gasteiger partial charge in [0, 0.05) is 30.8 Å². The van der Waals surface area contributed by atoms with Crippen molar-refractivity contribution in [3.05, 3.63) is 71.3 Å². The van der Waals surface area contributed by atoms with E-state index >= 15 is 0 Å². The van der Waals surface area contributed by atoms with Crippen molar-refractivity contribution >= 4 is 12.1 Å². The molecule has 1 N–H and O–H groups in total. The van der Waals surface area contributed by atoms with Crippen molar-refractivity contribution in [2.24, 2.45) is 0 Å². The van der Waals surface area contributed by atoms with Crippen molar-refractivity contribution in [2.75, 3.05) is 13.7 Å². The zero-order valence-electron chi connectivity index (χ0n) is 22.2. The van der Waals surface area contributed by atoms with Crippen molar-refractivity contribution in [3.8, 4) is 16.8 Å². The van der Waals surface area contributed by atoms with E-state index in [1.165, 1.54) is 7.11 Å². The number of aromatic nitrogens is 2. The Bertz CT molecular complexity index is 1190. The second kappa shape index (κ2) is 11.9. The van der Waals surface area contributed by atoms with Gasteiger partial charge in [0.15, 0.2) is 0 Å². The third-order valence-corrected chi connectivity index (χ3v) is 5.81. The molecule has 0 spiro atoms. The molecule has 1 amide bonds. The van der Waals surface area contributed by atoms with Crippen LogP contribution in [0.15, 0.2) is 48.5 Å². The number of alkyl carbamates (subject to hydrolysis) is 1. The van der Waals surface area contributed by atoms with Crippen molar-refractivity contribution in [1.82, 2.24) is 14.9 Å². The minimum Gasteiger partial charge on any atom is -0.465 e. The number of amides is 1. The number of carbonyl (C=O) groups is 2. The van der Waals surface area contributed by atoms with Crippen molar-refractivity contribution in [1.29, 1.82) is 0 Å². The first-order valence-electron chi connectivity index (χ1n) is 12.5. The van der Waals surface area contributed by atoms with E-state index in [0.29, 0.717) is 18.5 Å². The first-order valence-corrected chi connectivity index (χ1v) is 12.5. The van der Waals surface area contributed by atoms with Gasteiger partial charge in [0.1, 0.15) is 11.4 Å². The number of ether oxygens (including phenoxy) is 2. The number of esters is 1. The highest BCUT2D eigenvalue weighted by atomic mass is 16.6. The summed E-state index contributed by atoms with van der Waals surface area (Å²) in [6.45, 7) is 10.1. The van der Waals surface area contributed by atoms with Gasteiger partial charge >= 0.3 is 12.1 Å². The average Bonchev–Trinajstić information content (AvgIpc) is 3.16. The summed E-state index contributed by atoms with van der Waals surface area (Å²) < 4.78 is 12.6. The van der Waals surface area contributed by atoms with E-state index in [1.807, 2.05) is 76.2 Å². The van der Waals surface area contributed by atoms with Gasteiger partial charge in [-0.25, -0.2) is 14.6 Å². The second-order valence-electron chi connectivity index (χ2n) is 9.77. The van der Waals surface area contributed by atoms with Crippen LogP contribution in [0.5, 0.6) is 0 Å². The normalized spacial score (nSPS) is 11.3. The number of nitrogens with zero attached hydrogens (tertiary/aromatic N) is 2. The lowest BCUT2D eigenvalue weighted by Gasteiger charge is -2.19. The third kappa shape index (κ3) is 6.74. The minimum atomic E-state index is -0.543. The number of imidazole rings is 1. The molecule has 3 rings (SSSR count). The van der Waals surface area contributed by atoms with Crippen LogP contribution in [0, 0.1) is 6.92 Å². The van der Waals surface area contributed by atoms with Gasteiger partial charge in [-0.2, -0.15) is 0 Å². The minimum absolute atomic E-state index is 0.384. The fourth-order valence-corrected chi connectivity index (χ4v) is 4.11. The van der Waals surface area contributed by atoms with Gasteiger partial charge in [0.2, 0.25) is 0 Å². The molecule has 1 heterocycles. The zero-order chi connectivity index (χ0) is 26.3. The molecule has 0 aliphatic rings. The highest BCUT2D eigenvalue weighted by Gasteiger charge is 2.20. The molecule has 192 valence electrons. The van der Waals surface area contributed by atoms with Crippen LogP contribution < -0.4 is 5.32 Å². The fourth-order valence-electron chi connectivity index (χ4n) is 4.11. The van der Waals surface area contributed by atoms with E-state index in [2.05, 4.69) is 16.8 Å². The van der Waals surface area contributed by atoms with Crippen molar-refractivity contribution in [2.45, 2.75) is 65.9 Å². The molecule has 2 aromatic carbocycles. The Morgan fingerprint density at radius 2 is 1.78 bits per heavy atom. The summed E-state index contributed by atoms with van der Waals surface area (Å²) in [6.07, 6.45) is 2.98. The molecular formula is C29H37N3O4. The Morgan fingerprint density at radius 3 is 2.42 bits per heavy atom. The van der Waals surface area contributed by atoms with E-state index in [-0.39, 0.29) is 5.97 Å². The van der Waals surface area contributed by atoms with E-state index in [1.54, 1.807) is 0 Å². The lowest BCUT2D eigenvalue weighted by Crippen LogP contribution is -2.33. The SMILES string of the molecule is CCCCc1nc(CCNC(=O)OC(C)(C)C)c(C)n1-c1ccc(-c2ccccc2)c(C(=O)OC)c1. The largest absolute Gasteiger partial charge is 0.465 e. The van der Waals surface area contributed by atoms with Crippen LogP contribution in [0.25, 0.3) is 16.8 Å². The van der Waals surface area contributed by atoms with Gasteiger partial charge in [-0.15, -0.1) is 0 Å². The maximum absolute atomic E-state index is 12.7. The highest BCUT2D eigenvalue weighted by Crippen LogP contribution is 2.29. The van der Waals surface area contributed by atoms with Gasteiger partial charge in [-0.05, 0) is 57.4 Å². The summed E-state index contributed by atoms with van der Waals surface area (Å²) in [5.41, 5.74) is 4.48. The van der Waals surface area contributed by atoms with Gasteiger partial charge in [-0.3, -0.25) is 0 Å². The number of hydrogen-bond acceptors (Lipinski definition) is 5. The molecule has 0 bridgehead atoms. The van der Waals surface area contributed by atoms with Crippen molar-refractivity contribution in [3.63, 3.8) is 0 Å². The summed E-state index contributed by atoms with van der Waals surface area (Å²) in [6, 6.07) is 15.7. The maximum Gasteiger partial charge on any atom is 0.407 e. The standard InChI is InChI=1S/C29H37N3O4/c1-7-8-14-26-31-25(17-18-30-28(34)36-29(3,4)5)20(2)32(26)22-15-16-23(21-12-10-9-11-13-21)24(19-22)27(33)35-6/h9-13,15-16,19H,7-8,14,17-18H2,1-6H3,(H,30,34). The average molecular weight is 492 g/mol. The Kier molecular flexibility index (Phi) is 8.91. The van der Waals surface area contributed by atoms with Crippen LogP contribution in [-0.4, -0.2) is 40.9 Å². The predicted octanol–water partition coefficient (Wildman–Crippen LogP) is 6.04. The first kappa shape index (κ1) is 27.0. The highest BCUT2D eigenvalue weighted by molar-refractivity contribution is 5.98. The second-order valence-corrected chi connectivity index (χ2v) is 9.77. The van der Waals surface area contributed by atoms with Crippen LogP contribution in [0.1, 0.15) is 68.1 Å². The van der Waals surface area contributed by atoms with Crippen LogP contribution in [0.4, 0.5) is 4.79 Å². The molecular weight excluding hydrogens is 454 g/mol. The van der Waals surface area contributed by atoms with E-state index < -0.39 is 11.7 Å². The van der Waals surface area contributed by atoms with E-state index in [9.17, 15) is 9.59 Å². The summed E-state index contributed by atoms with van der Waals surface area (Å²) in [5.74, 6) is 0.551. The van der Waals surface area contributed by atoms with Gasteiger partial charge in [-0.1, -0.05) is 49.7 Å². The topological polar surface area (TPSA) is 82.5 Å². The third-order valence-electron chi connectivity index (χ3n) is 5.81.